The summed E-state index contributed by atoms with van der Waals surface area (Å²) < 4.78 is 38.9. The van der Waals surface area contributed by atoms with Crippen molar-refractivity contribution in [2.24, 2.45) is 5.41 Å². The van der Waals surface area contributed by atoms with Crippen molar-refractivity contribution >= 4 is 5.91 Å². The van der Waals surface area contributed by atoms with Crippen LogP contribution in [0.3, 0.4) is 0 Å². The van der Waals surface area contributed by atoms with Crippen molar-refractivity contribution in [2.75, 3.05) is 33.9 Å². The van der Waals surface area contributed by atoms with Gasteiger partial charge >= 0.3 is 0 Å². The molecule has 2 heterocycles. The number of carbonyl (C=O) groups is 1. The van der Waals surface area contributed by atoms with Gasteiger partial charge in [-0.15, -0.1) is 0 Å². The second kappa shape index (κ2) is 6.20. The Balaban J connectivity index is 1.83. The Morgan fingerprint density at radius 1 is 1.17 bits per heavy atom. The van der Waals surface area contributed by atoms with Gasteiger partial charge < -0.3 is 14.8 Å². The summed E-state index contributed by atoms with van der Waals surface area (Å²) in [5, 5.41) is 2.70. The molecule has 1 amide bonds. The molecule has 1 N–H and O–H groups in total. The Bertz CT molecular complexity index is 616. The predicted molar refractivity (Wildman–Crippen MR) is 84.4 cm³/mol. The van der Waals surface area contributed by atoms with Crippen LogP contribution in [0.5, 0.6) is 11.5 Å². The zero-order chi connectivity index (χ0) is 17.4. The second-order valence-corrected chi connectivity index (χ2v) is 6.69. The van der Waals surface area contributed by atoms with Crippen molar-refractivity contribution < 1.29 is 23.0 Å². The van der Waals surface area contributed by atoms with E-state index in [-0.39, 0.29) is 18.9 Å². The van der Waals surface area contributed by atoms with Crippen molar-refractivity contribution in [1.29, 1.82) is 0 Å². The Hall–Kier alpha value is -1.89. The van der Waals surface area contributed by atoms with E-state index in [1.54, 1.807) is 37.3 Å². The average molecular weight is 340 g/mol. The van der Waals surface area contributed by atoms with E-state index in [0.29, 0.717) is 37.6 Å². The third-order valence-electron chi connectivity index (χ3n) is 4.77. The van der Waals surface area contributed by atoms with Gasteiger partial charge in [-0.2, -0.15) is 0 Å². The van der Waals surface area contributed by atoms with Gasteiger partial charge in [0, 0.05) is 32.1 Å². The number of rotatable bonds is 4. The zero-order valence-corrected chi connectivity index (χ0v) is 13.9. The number of methoxy groups -OCH3 is 2. The fraction of sp³-hybridized carbons (Fsp3) is 0.588. The molecule has 1 atom stereocenters. The summed E-state index contributed by atoms with van der Waals surface area (Å²) in [6, 6.07) is 5.34. The number of hydrogen-bond acceptors (Lipinski definition) is 4. The highest BCUT2D eigenvalue weighted by molar-refractivity contribution is 5.85. The number of nitrogens with zero attached hydrogens (tertiary/aromatic N) is 1. The van der Waals surface area contributed by atoms with Crippen LogP contribution in [-0.2, 0) is 11.3 Å². The molecule has 1 spiro atoms. The van der Waals surface area contributed by atoms with Crippen molar-refractivity contribution in [3.05, 3.63) is 23.8 Å². The highest BCUT2D eigenvalue weighted by atomic mass is 19.3. The zero-order valence-electron chi connectivity index (χ0n) is 13.9. The Labute approximate surface area is 139 Å². The van der Waals surface area contributed by atoms with Crippen LogP contribution in [-0.4, -0.2) is 50.6 Å². The van der Waals surface area contributed by atoms with Crippen molar-refractivity contribution in [2.45, 2.75) is 25.3 Å². The van der Waals surface area contributed by atoms with E-state index in [9.17, 15) is 13.6 Å². The van der Waals surface area contributed by atoms with Gasteiger partial charge in [0.05, 0.1) is 26.2 Å². The number of ether oxygens (including phenoxy) is 2. The average Bonchev–Trinajstić information content (AvgIpc) is 2.84. The molecule has 0 aliphatic carbocycles. The summed E-state index contributed by atoms with van der Waals surface area (Å²) in [5.74, 6) is -1.90. The van der Waals surface area contributed by atoms with E-state index in [1.165, 1.54) is 0 Å². The maximum Gasteiger partial charge on any atom is 0.261 e. The SMILES string of the molecule is COc1cc(CN2CC(F)(F)C[C@]3(CCNC3=O)C2)cc(OC)c1. The number of amides is 1. The lowest BCUT2D eigenvalue weighted by Crippen LogP contribution is -2.54. The first-order valence-electron chi connectivity index (χ1n) is 7.96. The number of piperidine rings is 1. The highest BCUT2D eigenvalue weighted by Gasteiger charge is 2.54. The molecule has 0 aromatic heterocycles. The number of carbonyl (C=O) groups excluding carboxylic acids is 1. The highest BCUT2D eigenvalue weighted by Crippen LogP contribution is 2.43. The quantitative estimate of drug-likeness (QED) is 0.911. The first-order chi connectivity index (χ1) is 11.4. The van der Waals surface area contributed by atoms with Gasteiger partial charge in [0.15, 0.2) is 0 Å². The topological polar surface area (TPSA) is 50.8 Å². The van der Waals surface area contributed by atoms with Crippen LogP contribution in [0.25, 0.3) is 0 Å². The number of alkyl halides is 2. The molecule has 1 aromatic carbocycles. The molecule has 132 valence electrons. The summed E-state index contributed by atoms with van der Waals surface area (Å²) in [6.07, 6.45) is 0.0864. The number of halogens is 2. The van der Waals surface area contributed by atoms with Gasteiger partial charge in [0.1, 0.15) is 11.5 Å². The monoisotopic (exact) mass is 340 g/mol. The van der Waals surface area contributed by atoms with E-state index in [2.05, 4.69) is 5.32 Å². The lowest BCUT2D eigenvalue weighted by Gasteiger charge is -2.42. The van der Waals surface area contributed by atoms with Crippen LogP contribution in [0.1, 0.15) is 18.4 Å². The maximum absolute atomic E-state index is 14.2. The van der Waals surface area contributed by atoms with E-state index in [0.717, 1.165) is 5.56 Å². The van der Waals surface area contributed by atoms with E-state index in [4.69, 9.17) is 9.47 Å². The molecule has 0 saturated carbocycles. The summed E-state index contributed by atoms with van der Waals surface area (Å²) in [7, 11) is 3.09. The van der Waals surface area contributed by atoms with Crippen molar-refractivity contribution in [3.8, 4) is 11.5 Å². The number of nitrogens with one attached hydrogen (secondary N) is 1. The third-order valence-corrected chi connectivity index (χ3v) is 4.77. The Morgan fingerprint density at radius 3 is 2.38 bits per heavy atom. The maximum atomic E-state index is 14.2. The largest absolute Gasteiger partial charge is 0.497 e. The smallest absolute Gasteiger partial charge is 0.261 e. The first-order valence-corrected chi connectivity index (χ1v) is 7.96. The molecule has 2 fully saturated rings. The number of likely N-dealkylation sites (tertiary alicyclic amines) is 1. The molecule has 1 aromatic rings. The normalized spacial score (nSPS) is 26.4. The van der Waals surface area contributed by atoms with Gasteiger partial charge in [-0.3, -0.25) is 9.69 Å². The second-order valence-electron chi connectivity index (χ2n) is 6.69. The van der Waals surface area contributed by atoms with Crippen LogP contribution in [0, 0.1) is 5.41 Å². The number of hydrogen-bond donors (Lipinski definition) is 1. The van der Waals surface area contributed by atoms with Gasteiger partial charge in [-0.25, -0.2) is 8.78 Å². The molecule has 2 aliphatic rings. The lowest BCUT2D eigenvalue weighted by molar-refractivity contribution is -0.149. The molecule has 5 nitrogen and oxygen atoms in total. The van der Waals surface area contributed by atoms with Crippen molar-refractivity contribution in [1.82, 2.24) is 10.2 Å². The summed E-state index contributed by atoms with van der Waals surface area (Å²) >= 11 is 0. The third kappa shape index (κ3) is 3.31. The molecule has 3 rings (SSSR count). The molecule has 0 radical (unpaired) electrons. The molecule has 2 aliphatic heterocycles. The molecule has 24 heavy (non-hydrogen) atoms. The van der Waals surface area contributed by atoms with Crippen LogP contribution >= 0.6 is 0 Å². The van der Waals surface area contributed by atoms with Gasteiger partial charge in [0.2, 0.25) is 5.91 Å². The summed E-state index contributed by atoms with van der Waals surface area (Å²) in [6.45, 7) is 0.781. The van der Waals surface area contributed by atoms with Crippen LogP contribution < -0.4 is 14.8 Å². The van der Waals surface area contributed by atoms with Gasteiger partial charge in [-0.1, -0.05) is 0 Å². The van der Waals surface area contributed by atoms with Gasteiger partial charge in [-0.05, 0) is 24.1 Å². The standard InChI is InChI=1S/C17H22F2N2O3/c1-23-13-5-12(6-14(7-13)24-2)8-21-10-16(3-4-20-15(16)22)9-17(18,19)11-21/h5-7H,3-4,8-11H2,1-2H3,(H,20,22)/t16-/m1/s1. The summed E-state index contributed by atoms with van der Waals surface area (Å²) in [5.41, 5.74) is -0.164. The Morgan fingerprint density at radius 2 is 1.83 bits per heavy atom. The van der Waals surface area contributed by atoms with E-state index < -0.39 is 11.3 Å². The molecule has 2 saturated heterocycles. The minimum Gasteiger partial charge on any atom is -0.497 e. The van der Waals surface area contributed by atoms with E-state index >= 15 is 0 Å². The van der Waals surface area contributed by atoms with Crippen molar-refractivity contribution in [3.63, 3.8) is 0 Å². The first kappa shape index (κ1) is 17.0. The molecule has 0 bridgehead atoms. The molecule has 0 unspecified atom stereocenters. The van der Waals surface area contributed by atoms with Gasteiger partial charge in [0.25, 0.3) is 5.92 Å². The fourth-order valence-corrected chi connectivity index (χ4v) is 3.78. The number of benzene rings is 1. The molecular weight excluding hydrogens is 318 g/mol. The molecule has 7 heteroatoms. The predicted octanol–water partition coefficient (Wildman–Crippen LogP) is 2.05. The fourth-order valence-electron chi connectivity index (χ4n) is 3.78. The van der Waals surface area contributed by atoms with Crippen LogP contribution in [0.2, 0.25) is 0 Å². The minimum absolute atomic E-state index is 0.255. The minimum atomic E-state index is -2.87. The summed E-state index contributed by atoms with van der Waals surface area (Å²) in [4.78, 5) is 13.8. The van der Waals surface area contributed by atoms with Crippen LogP contribution in [0.15, 0.2) is 18.2 Å². The van der Waals surface area contributed by atoms with Crippen LogP contribution in [0.4, 0.5) is 8.78 Å². The van der Waals surface area contributed by atoms with E-state index in [1.807, 2.05) is 0 Å². The Kier molecular flexibility index (Phi) is 4.38. The molecular formula is C17H22F2N2O3. The lowest BCUT2D eigenvalue weighted by atomic mass is 9.77.